The van der Waals surface area contributed by atoms with Crippen molar-refractivity contribution in [2.75, 3.05) is 13.7 Å². The van der Waals surface area contributed by atoms with Crippen molar-refractivity contribution in [1.82, 2.24) is 5.32 Å². The average molecular weight is 243 g/mol. The van der Waals surface area contributed by atoms with Gasteiger partial charge in [0.05, 0.1) is 18.7 Å². The van der Waals surface area contributed by atoms with Crippen molar-refractivity contribution < 1.29 is 9.53 Å². The first-order chi connectivity index (χ1) is 7.58. The molecule has 0 aliphatic rings. The van der Waals surface area contributed by atoms with Gasteiger partial charge in [0.1, 0.15) is 5.75 Å². The lowest BCUT2D eigenvalue weighted by Gasteiger charge is -2.10. The van der Waals surface area contributed by atoms with Crippen LogP contribution < -0.4 is 15.8 Å². The molecule has 1 aromatic rings. The van der Waals surface area contributed by atoms with E-state index >= 15 is 0 Å². The molecule has 0 unspecified atom stereocenters. The summed E-state index contributed by atoms with van der Waals surface area (Å²) in [6, 6.07) is 3.62. The zero-order valence-electron chi connectivity index (χ0n) is 9.34. The van der Waals surface area contributed by atoms with Gasteiger partial charge >= 0.3 is 0 Å². The summed E-state index contributed by atoms with van der Waals surface area (Å²) in [6.45, 7) is 2.34. The quantitative estimate of drug-likeness (QED) is 0.835. The number of hydrogen-bond acceptors (Lipinski definition) is 3. The van der Waals surface area contributed by atoms with E-state index in [1.165, 1.54) is 0 Å². The maximum atomic E-state index is 11.0. The molecule has 0 aromatic heterocycles. The molecule has 3 N–H and O–H groups in total. The number of aryl methyl sites for hydroxylation is 1. The molecule has 4 nitrogen and oxygen atoms in total. The fraction of sp³-hybridized carbons (Fsp3) is 0.364. The predicted molar refractivity (Wildman–Crippen MR) is 63.6 cm³/mol. The number of benzene rings is 1. The van der Waals surface area contributed by atoms with Crippen LogP contribution in [0.4, 0.5) is 0 Å². The smallest absolute Gasteiger partial charge is 0.234 e. The molecule has 1 rings (SSSR count). The fourth-order valence-corrected chi connectivity index (χ4v) is 1.57. The Morgan fingerprint density at radius 1 is 1.56 bits per heavy atom. The normalized spacial score (nSPS) is 10.0. The standard InChI is InChI=1S/C11H15ClN2O2/c1-7-3-10(16-2)9(12)4-8(7)6-14-11(15)5-13/h3-4H,5-6,13H2,1-2H3,(H,14,15). The van der Waals surface area contributed by atoms with Gasteiger partial charge in [-0.1, -0.05) is 11.6 Å². The Bertz CT molecular complexity index is 394. The summed E-state index contributed by atoms with van der Waals surface area (Å²) in [5.74, 6) is 0.444. The Balaban J connectivity index is 2.81. The third-order valence-corrected chi connectivity index (χ3v) is 2.57. The van der Waals surface area contributed by atoms with Gasteiger partial charge in [-0.3, -0.25) is 4.79 Å². The van der Waals surface area contributed by atoms with Crippen molar-refractivity contribution >= 4 is 17.5 Å². The highest BCUT2D eigenvalue weighted by atomic mass is 35.5. The van der Waals surface area contributed by atoms with Gasteiger partial charge in [0.15, 0.2) is 0 Å². The number of carbonyl (C=O) groups excluding carboxylic acids is 1. The highest BCUT2D eigenvalue weighted by molar-refractivity contribution is 6.32. The maximum absolute atomic E-state index is 11.0. The molecular formula is C11H15ClN2O2. The van der Waals surface area contributed by atoms with Gasteiger partial charge in [-0.05, 0) is 30.2 Å². The number of nitrogens with two attached hydrogens (primary N) is 1. The number of halogens is 1. The van der Waals surface area contributed by atoms with E-state index in [9.17, 15) is 4.79 Å². The number of hydrogen-bond donors (Lipinski definition) is 2. The minimum Gasteiger partial charge on any atom is -0.495 e. The highest BCUT2D eigenvalue weighted by Gasteiger charge is 2.07. The van der Waals surface area contributed by atoms with Crippen molar-refractivity contribution in [2.24, 2.45) is 5.73 Å². The molecule has 1 aromatic carbocycles. The molecule has 5 heteroatoms. The zero-order valence-corrected chi connectivity index (χ0v) is 10.1. The molecule has 0 aliphatic heterocycles. The maximum Gasteiger partial charge on any atom is 0.234 e. The van der Waals surface area contributed by atoms with Gasteiger partial charge < -0.3 is 15.8 Å². The van der Waals surface area contributed by atoms with Crippen LogP contribution in [0.5, 0.6) is 5.75 Å². The second-order valence-electron chi connectivity index (χ2n) is 3.39. The Morgan fingerprint density at radius 3 is 2.81 bits per heavy atom. The van der Waals surface area contributed by atoms with Crippen LogP contribution in [0, 0.1) is 6.92 Å². The molecule has 0 atom stereocenters. The molecule has 1 amide bonds. The van der Waals surface area contributed by atoms with E-state index in [0.29, 0.717) is 17.3 Å². The van der Waals surface area contributed by atoms with E-state index in [2.05, 4.69) is 5.32 Å². The van der Waals surface area contributed by atoms with Gasteiger partial charge in [0.2, 0.25) is 5.91 Å². The molecule has 0 bridgehead atoms. The van der Waals surface area contributed by atoms with Crippen LogP contribution in [0.3, 0.4) is 0 Å². The van der Waals surface area contributed by atoms with E-state index < -0.39 is 0 Å². The van der Waals surface area contributed by atoms with Crippen LogP contribution in [-0.4, -0.2) is 19.6 Å². The molecule has 0 saturated heterocycles. The molecule has 88 valence electrons. The molecule has 0 heterocycles. The summed E-state index contributed by atoms with van der Waals surface area (Å²) in [4.78, 5) is 11.0. The van der Waals surface area contributed by atoms with Gasteiger partial charge in [-0.15, -0.1) is 0 Å². The van der Waals surface area contributed by atoms with Crippen molar-refractivity contribution in [3.8, 4) is 5.75 Å². The number of ether oxygens (including phenoxy) is 1. The summed E-state index contributed by atoms with van der Waals surface area (Å²) in [7, 11) is 1.57. The second kappa shape index (κ2) is 5.72. The van der Waals surface area contributed by atoms with Crippen LogP contribution in [0.1, 0.15) is 11.1 Å². The Hall–Kier alpha value is -1.26. The molecule has 0 saturated carbocycles. The van der Waals surface area contributed by atoms with Crippen LogP contribution in [-0.2, 0) is 11.3 Å². The number of carbonyl (C=O) groups is 1. The van der Waals surface area contributed by atoms with Crippen molar-refractivity contribution in [3.63, 3.8) is 0 Å². The molecule has 0 radical (unpaired) electrons. The summed E-state index contributed by atoms with van der Waals surface area (Å²) in [5.41, 5.74) is 7.16. The molecule has 0 aliphatic carbocycles. The van der Waals surface area contributed by atoms with Crippen LogP contribution in [0.2, 0.25) is 5.02 Å². The topological polar surface area (TPSA) is 64.3 Å². The Morgan fingerprint density at radius 2 is 2.25 bits per heavy atom. The number of amides is 1. The Kier molecular flexibility index (Phi) is 4.58. The Labute approximate surface area is 99.7 Å². The summed E-state index contributed by atoms with van der Waals surface area (Å²) in [6.07, 6.45) is 0. The van der Waals surface area contributed by atoms with Crippen molar-refractivity contribution in [1.29, 1.82) is 0 Å². The largest absolute Gasteiger partial charge is 0.495 e. The number of rotatable bonds is 4. The first-order valence-corrected chi connectivity index (χ1v) is 5.26. The van der Waals surface area contributed by atoms with Crippen LogP contribution >= 0.6 is 11.6 Å². The monoisotopic (exact) mass is 242 g/mol. The number of methoxy groups -OCH3 is 1. The molecular weight excluding hydrogens is 228 g/mol. The summed E-state index contributed by atoms with van der Waals surface area (Å²) >= 11 is 5.99. The van der Waals surface area contributed by atoms with Gasteiger partial charge in [-0.2, -0.15) is 0 Å². The van der Waals surface area contributed by atoms with E-state index in [1.54, 1.807) is 13.2 Å². The minimum absolute atomic E-state index is 0.0110. The van der Waals surface area contributed by atoms with E-state index in [1.807, 2.05) is 13.0 Å². The lowest BCUT2D eigenvalue weighted by atomic mass is 10.1. The lowest BCUT2D eigenvalue weighted by molar-refractivity contribution is -0.119. The first kappa shape index (κ1) is 12.8. The van der Waals surface area contributed by atoms with E-state index in [0.717, 1.165) is 11.1 Å². The van der Waals surface area contributed by atoms with E-state index in [-0.39, 0.29) is 12.5 Å². The molecule has 16 heavy (non-hydrogen) atoms. The van der Waals surface area contributed by atoms with Crippen molar-refractivity contribution in [2.45, 2.75) is 13.5 Å². The summed E-state index contributed by atoms with van der Waals surface area (Å²) < 4.78 is 5.09. The second-order valence-corrected chi connectivity index (χ2v) is 3.80. The average Bonchev–Trinajstić information content (AvgIpc) is 2.29. The van der Waals surface area contributed by atoms with Gasteiger partial charge in [0.25, 0.3) is 0 Å². The van der Waals surface area contributed by atoms with E-state index in [4.69, 9.17) is 22.1 Å². The van der Waals surface area contributed by atoms with Crippen LogP contribution in [0.15, 0.2) is 12.1 Å². The number of nitrogens with one attached hydrogen (secondary N) is 1. The van der Waals surface area contributed by atoms with Crippen molar-refractivity contribution in [3.05, 3.63) is 28.3 Å². The van der Waals surface area contributed by atoms with Crippen LogP contribution in [0.25, 0.3) is 0 Å². The minimum atomic E-state index is -0.189. The fourth-order valence-electron chi connectivity index (χ4n) is 1.31. The highest BCUT2D eigenvalue weighted by Crippen LogP contribution is 2.27. The van der Waals surface area contributed by atoms with Gasteiger partial charge in [-0.25, -0.2) is 0 Å². The first-order valence-electron chi connectivity index (χ1n) is 4.88. The third-order valence-electron chi connectivity index (χ3n) is 2.27. The van der Waals surface area contributed by atoms with Gasteiger partial charge in [0, 0.05) is 6.54 Å². The zero-order chi connectivity index (χ0) is 12.1. The summed E-state index contributed by atoms with van der Waals surface area (Å²) in [5, 5.41) is 3.22. The SMILES string of the molecule is COc1cc(C)c(CNC(=O)CN)cc1Cl. The third kappa shape index (κ3) is 3.12. The molecule has 0 spiro atoms. The lowest BCUT2D eigenvalue weighted by Crippen LogP contribution is -2.29. The molecule has 0 fully saturated rings. The predicted octanol–water partition coefficient (Wildman–Crippen LogP) is 1.23.